The normalized spacial score (nSPS) is 12.4. The van der Waals surface area contributed by atoms with Crippen molar-refractivity contribution in [1.29, 1.82) is 0 Å². The molecule has 0 aliphatic carbocycles. The molecule has 3 aromatic heterocycles. The lowest BCUT2D eigenvalue weighted by molar-refractivity contribution is 0.596. The van der Waals surface area contributed by atoms with Gasteiger partial charge in [0.2, 0.25) is 0 Å². The summed E-state index contributed by atoms with van der Waals surface area (Å²) in [5, 5.41) is 8.50. The summed E-state index contributed by atoms with van der Waals surface area (Å²) in [5.74, 6) is 0.663. The Morgan fingerprint density at radius 3 is 2.47 bits per heavy atom. The van der Waals surface area contributed by atoms with Gasteiger partial charge in [-0.2, -0.15) is 0 Å². The maximum atomic E-state index is 5.13. The molecule has 0 aliphatic rings. The van der Waals surface area contributed by atoms with Crippen LogP contribution in [0.1, 0.15) is 45.7 Å². The van der Waals surface area contributed by atoms with Crippen molar-refractivity contribution in [2.24, 2.45) is 5.92 Å². The molecule has 3 aromatic carbocycles. The van der Waals surface area contributed by atoms with E-state index in [9.17, 15) is 0 Å². The van der Waals surface area contributed by atoms with Crippen LogP contribution in [0.15, 0.2) is 77.5 Å². The molecule has 0 fully saturated rings. The fourth-order valence-corrected chi connectivity index (χ4v) is 7.13. The number of benzene rings is 3. The zero-order valence-electron chi connectivity index (χ0n) is 21.6. The number of fused-ring (bicyclic) bond motifs is 3. The molecular weight excluding hydrogens is 475 g/mol. The first-order valence-electron chi connectivity index (χ1n) is 12.7. The number of pyridine rings is 1. The van der Waals surface area contributed by atoms with Crippen LogP contribution in [0.4, 0.5) is 0 Å². The van der Waals surface area contributed by atoms with Crippen molar-refractivity contribution < 1.29 is 0 Å². The van der Waals surface area contributed by atoms with Crippen LogP contribution in [0.5, 0.6) is 0 Å². The van der Waals surface area contributed by atoms with Crippen LogP contribution in [-0.4, -0.2) is 4.98 Å². The molecule has 6 rings (SSSR count). The molecule has 3 heteroatoms. The summed E-state index contributed by atoms with van der Waals surface area (Å²) < 4.78 is 2.63. The molecule has 0 aliphatic heterocycles. The molecule has 0 saturated heterocycles. The third-order valence-corrected chi connectivity index (χ3v) is 8.90. The Balaban J connectivity index is 1.54. The minimum atomic E-state index is 0.0445. The van der Waals surface area contributed by atoms with Crippen molar-refractivity contribution in [3.05, 3.63) is 88.6 Å². The highest BCUT2D eigenvalue weighted by Crippen LogP contribution is 2.40. The topological polar surface area (TPSA) is 12.9 Å². The SMILES string of the molecule is CC(C)Cc1csc2cc(-c3cc(-c4cc(C(C)(C)C)c5ccccc5c4)nc4ccsc34)ccc12. The lowest BCUT2D eigenvalue weighted by atomic mass is 9.82. The number of thiophene rings is 2. The Kier molecular flexibility index (Phi) is 5.74. The molecule has 0 saturated carbocycles. The number of hydrogen-bond acceptors (Lipinski definition) is 3. The van der Waals surface area contributed by atoms with E-state index in [2.05, 4.69) is 112 Å². The van der Waals surface area contributed by atoms with Crippen molar-refractivity contribution in [3.8, 4) is 22.4 Å². The van der Waals surface area contributed by atoms with Crippen LogP contribution < -0.4 is 0 Å². The van der Waals surface area contributed by atoms with Crippen LogP contribution >= 0.6 is 22.7 Å². The third kappa shape index (κ3) is 4.15. The first-order chi connectivity index (χ1) is 17.3. The molecule has 0 N–H and O–H groups in total. The average molecular weight is 506 g/mol. The lowest BCUT2D eigenvalue weighted by Crippen LogP contribution is -2.12. The van der Waals surface area contributed by atoms with Gasteiger partial charge in [-0.15, -0.1) is 22.7 Å². The zero-order chi connectivity index (χ0) is 25.0. The average Bonchev–Trinajstić information content (AvgIpc) is 3.48. The Hall–Kier alpha value is -3.01. The molecule has 0 spiro atoms. The smallest absolute Gasteiger partial charge is 0.0823 e. The number of aromatic nitrogens is 1. The predicted octanol–water partition coefficient (Wildman–Crippen LogP) is 10.5. The van der Waals surface area contributed by atoms with Crippen molar-refractivity contribution >= 4 is 53.7 Å². The van der Waals surface area contributed by atoms with Crippen molar-refractivity contribution in [2.75, 3.05) is 0 Å². The Morgan fingerprint density at radius 2 is 1.67 bits per heavy atom. The summed E-state index contributed by atoms with van der Waals surface area (Å²) in [6.45, 7) is 11.5. The molecule has 1 nitrogen and oxygen atoms in total. The van der Waals surface area contributed by atoms with Gasteiger partial charge in [-0.1, -0.05) is 71.0 Å². The van der Waals surface area contributed by atoms with Gasteiger partial charge in [-0.05, 0) is 91.7 Å². The van der Waals surface area contributed by atoms with Gasteiger partial charge in [-0.25, -0.2) is 4.98 Å². The van der Waals surface area contributed by atoms with Crippen molar-refractivity contribution in [1.82, 2.24) is 4.98 Å². The minimum absolute atomic E-state index is 0.0445. The van der Waals surface area contributed by atoms with Crippen LogP contribution in [-0.2, 0) is 11.8 Å². The van der Waals surface area contributed by atoms with Gasteiger partial charge in [0.05, 0.1) is 15.9 Å². The van der Waals surface area contributed by atoms with E-state index in [1.54, 1.807) is 11.3 Å². The molecule has 0 amide bonds. The molecule has 180 valence electrons. The Bertz CT molecular complexity index is 1730. The van der Waals surface area contributed by atoms with E-state index in [1.165, 1.54) is 53.4 Å². The highest BCUT2D eigenvalue weighted by molar-refractivity contribution is 7.18. The van der Waals surface area contributed by atoms with Crippen molar-refractivity contribution in [2.45, 2.75) is 46.5 Å². The Morgan fingerprint density at radius 1 is 0.833 bits per heavy atom. The fraction of sp³-hybridized carbons (Fsp3) is 0.242. The van der Waals surface area contributed by atoms with Gasteiger partial charge in [-0.3, -0.25) is 0 Å². The van der Waals surface area contributed by atoms with E-state index in [1.807, 2.05) is 11.3 Å². The first kappa shape index (κ1) is 23.4. The summed E-state index contributed by atoms with van der Waals surface area (Å²) >= 11 is 3.65. The maximum absolute atomic E-state index is 5.13. The fourth-order valence-electron chi connectivity index (χ4n) is 5.25. The quantitative estimate of drug-likeness (QED) is 0.232. The molecule has 0 unspecified atom stereocenters. The third-order valence-electron chi connectivity index (χ3n) is 6.97. The van der Waals surface area contributed by atoms with Crippen LogP contribution in [0.25, 0.3) is 53.5 Å². The summed E-state index contributed by atoms with van der Waals surface area (Å²) in [7, 11) is 0. The van der Waals surface area contributed by atoms with E-state index in [4.69, 9.17) is 4.98 Å². The molecule has 6 aromatic rings. The first-order valence-corrected chi connectivity index (χ1v) is 14.5. The van der Waals surface area contributed by atoms with E-state index in [0.717, 1.165) is 17.6 Å². The zero-order valence-corrected chi connectivity index (χ0v) is 23.2. The van der Waals surface area contributed by atoms with E-state index in [-0.39, 0.29) is 5.41 Å². The summed E-state index contributed by atoms with van der Waals surface area (Å²) in [6.07, 6.45) is 1.13. The molecule has 0 atom stereocenters. The summed E-state index contributed by atoms with van der Waals surface area (Å²) in [4.78, 5) is 5.13. The molecular formula is C33H31NS2. The van der Waals surface area contributed by atoms with Gasteiger partial charge in [0.1, 0.15) is 0 Å². The second kappa shape index (κ2) is 8.83. The van der Waals surface area contributed by atoms with E-state index < -0.39 is 0 Å². The van der Waals surface area contributed by atoms with Gasteiger partial charge in [0.25, 0.3) is 0 Å². The maximum Gasteiger partial charge on any atom is 0.0823 e. The minimum Gasteiger partial charge on any atom is -0.247 e. The number of rotatable bonds is 4. The van der Waals surface area contributed by atoms with Gasteiger partial charge in [0, 0.05) is 15.8 Å². The summed E-state index contributed by atoms with van der Waals surface area (Å²) in [6, 6.07) is 24.8. The van der Waals surface area contributed by atoms with Gasteiger partial charge < -0.3 is 0 Å². The van der Waals surface area contributed by atoms with Crippen LogP contribution in [0.2, 0.25) is 0 Å². The van der Waals surface area contributed by atoms with Gasteiger partial charge in [0.15, 0.2) is 0 Å². The van der Waals surface area contributed by atoms with Crippen molar-refractivity contribution in [3.63, 3.8) is 0 Å². The second-order valence-electron chi connectivity index (χ2n) is 11.3. The lowest BCUT2D eigenvalue weighted by Gasteiger charge is -2.23. The number of hydrogen-bond donors (Lipinski definition) is 0. The van der Waals surface area contributed by atoms with E-state index >= 15 is 0 Å². The molecule has 3 heterocycles. The highest BCUT2D eigenvalue weighted by Gasteiger charge is 2.20. The molecule has 0 bridgehead atoms. The predicted molar refractivity (Wildman–Crippen MR) is 161 cm³/mol. The highest BCUT2D eigenvalue weighted by atomic mass is 32.1. The summed E-state index contributed by atoms with van der Waals surface area (Å²) in [5.41, 5.74) is 8.72. The number of nitrogens with zero attached hydrogens (tertiary/aromatic N) is 1. The Labute approximate surface area is 221 Å². The van der Waals surface area contributed by atoms with Crippen LogP contribution in [0.3, 0.4) is 0 Å². The standard InChI is InChI=1S/C33H31NS2/c1-20(2)14-24-19-36-31-17-22(10-11-26(24)31)27-18-30(34-29-12-13-35-32(27)29)23-15-21-8-6-7-9-25(21)28(16-23)33(3,4)5/h6-13,15-20H,14H2,1-5H3. The van der Waals surface area contributed by atoms with Gasteiger partial charge >= 0.3 is 0 Å². The van der Waals surface area contributed by atoms with Crippen LogP contribution in [0, 0.1) is 5.92 Å². The monoisotopic (exact) mass is 505 g/mol. The van der Waals surface area contributed by atoms with E-state index in [0.29, 0.717) is 5.92 Å². The second-order valence-corrected chi connectivity index (χ2v) is 13.1. The molecule has 36 heavy (non-hydrogen) atoms. The molecule has 0 radical (unpaired) electrons. The largest absolute Gasteiger partial charge is 0.247 e.